The number of aliphatic hydroxyl groups is 1. The summed E-state index contributed by atoms with van der Waals surface area (Å²) in [5.74, 6) is 1.63. The summed E-state index contributed by atoms with van der Waals surface area (Å²) in [5.41, 5.74) is -1.43. The number of ether oxygens (including phenoxy) is 2. The lowest BCUT2D eigenvalue weighted by Gasteiger charge is -2.49. The second-order valence-electron chi connectivity index (χ2n) is 6.55. The zero-order chi connectivity index (χ0) is 14.9. The maximum Gasteiger partial charge on any atom is 0.254 e. The molecule has 0 aromatic rings. The minimum atomic E-state index is -1.16. The molecule has 120 valence electrons. The van der Waals surface area contributed by atoms with Crippen LogP contribution in [0.5, 0.6) is 0 Å². The molecule has 21 heavy (non-hydrogen) atoms. The van der Waals surface area contributed by atoms with Gasteiger partial charge in [0.1, 0.15) is 5.60 Å². The first-order valence-corrected chi connectivity index (χ1v) is 9.04. The third kappa shape index (κ3) is 3.23. The number of nitrogens with zero attached hydrogens (tertiary/aromatic N) is 1. The Labute approximate surface area is 130 Å². The van der Waals surface area contributed by atoms with Gasteiger partial charge in [0.25, 0.3) is 5.91 Å². The number of hydrogen-bond donors (Lipinski definition) is 1. The molecular weight excluding hydrogens is 290 g/mol. The van der Waals surface area contributed by atoms with Crippen molar-refractivity contribution in [1.29, 1.82) is 0 Å². The van der Waals surface area contributed by atoms with Crippen molar-refractivity contribution in [3.05, 3.63) is 0 Å². The van der Waals surface area contributed by atoms with Crippen LogP contribution in [0, 0.1) is 0 Å². The van der Waals surface area contributed by atoms with Crippen LogP contribution in [0.25, 0.3) is 0 Å². The van der Waals surface area contributed by atoms with Crippen LogP contribution >= 0.6 is 11.8 Å². The molecule has 5 nitrogen and oxygen atoms in total. The van der Waals surface area contributed by atoms with Gasteiger partial charge in [0.15, 0.2) is 0 Å². The van der Waals surface area contributed by atoms with Crippen molar-refractivity contribution >= 4 is 17.7 Å². The Morgan fingerprint density at radius 3 is 2.57 bits per heavy atom. The van der Waals surface area contributed by atoms with E-state index < -0.39 is 5.60 Å². The molecule has 0 aromatic heterocycles. The smallest absolute Gasteiger partial charge is 0.254 e. The van der Waals surface area contributed by atoms with Crippen LogP contribution in [0.2, 0.25) is 0 Å². The van der Waals surface area contributed by atoms with Gasteiger partial charge < -0.3 is 19.5 Å². The number of amides is 1. The Kier molecular flexibility index (Phi) is 4.50. The number of rotatable bonds is 1. The molecule has 3 aliphatic rings. The van der Waals surface area contributed by atoms with Crippen molar-refractivity contribution in [1.82, 2.24) is 4.90 Å². The highest BCUT2D eigenvalue weighted by atomic mass is 32.2. The first kappa shape index (κ1) is 15.6. The number of hydrogen-bond acceptors (Lipinski definition) is 5. The van der Waals surface area contributed by atoms with E-state index in [0.717, 1.165) is 24.3 Å². The molecule has 3 rings (SSSR count). The maximum atomic E-state index is 12.8. The minimum Gasteiger partial charge on any atom is -0.381 e. The van der Waals surface area contributed by atoms with Crippen molar-refractivity contribution in [2.75, 3.05) is 37.8 Å². The monoisotopic (exact) mass is 315 g/mol. The second kappa shape index (κ2) is 6.07. The fourth-order valence-electron chi connectivity index (χ4n) is 3.62. The molecular formula is C15H25NO4S. The molecule has 1 atom stereocenters. The average molecular weight is 315 g/mol. The standard InChI is InChI=1S/C15H25NO4S/c1-12-10-16(11-14(20-12)2-6-19-7-3-14)13(17)15(18)4-8-21-9-5-15/h12,18H,2-11H2,1H3. The minimum absolute atomic E-state index is 0.0161. The van der Waals surface area contributed by atoms with Crippen LogP contribution in [-0.4, -0.2) is 71.0 Å². The van der Waals surface area contributed by atoms with Crippen LogP contribution in [0.15, 0.2) is 0 Å². The van der Waals surface area contributed by atoms with Crippen molar-refractivity contribution in [3.8, 4) is 0 Å². The van der Waals surface area contributed by atoms with E-state index >= 15 is 0 Å². The summed E-state index contributed by atoms with van der Waals surface area (Å²) in [5, 5.41) is 10.7. The van der Waals surface area contributed by atoms with Gasteiger partial charge in [-0.25, -0.2) is 0 Å². The summed E-state index contributed by atoms with van der Waals surface area (Å²) in [6.45, 7) is 4.56. The van der Waals surface area contributed by atoms with Gasteiger partial charge in [-0.2, -0.15) is 11.8 Å². The highest BCUT2D eigenvalue weighted by Gasteiger charge is 2.47. The van der Waals surface area contributed by atoms with Gasteiger partial charge in [-0.1, -0.05) is 0 Å². The molecule has 1 unspecified atom stereocenters. The van der Waals surface area contributed by atoms with Crippen molar-refractivity contribution in [2.45, 2.75) is 49.9 Å². The van der Waals surface area contributed by atoms with E-state index in [4.69, 9.17) is 9.47 Å². The van der Waals surface area contributed by atoms with Crippen LogP contribution in [0.3, 0.4) is 0 Å². The average Bonchev–Trinajstić information content (AvgIpc) is 2.47. The number of carbonyl (C=O) groups excluding carboxylic acids is 1. The molecule has 1 amide bonds. The molecule has 0 aliphatic carbocycles. The summed E-state index contributed by atoms with van der Waals surface area (Å²) in [4.78, 5) is 14.7. The van der Waals surface area contributed by atoms with E-state index in [1.165, 1.54) is 0 Å². The van der Waals surface area contributed by atoms with E-state index in [9.17, 15) is 9.90 Å². The third-order valence-corrected chi connectivity index (χ3v) is 5.80. The predicted molar refractivity (Wildman–Crippen MR) is 81.4 cm³/mol. The maximum absolute atomic E-state index is 12.8. The molecule has 0 aromatic carbocycles. The van der Waals surface area contributed by atoms with Crippen LogP contribution in [-0.2, 0) is 14.3 Å². The van der Waals surface area contributed by atoms with Gasteiger partial charge in [-0.3, -0.25) is 4.79 Å². The van der Waals surface area contributed by atoms with Crippen LogP contribution in [0.4, 0.5) is 0 Å². The Balaban J connectivity index is 1.73. The summed E-state index contributed by atoms with van der Waals surface area (Å²) in [7, 11) is 0. The van der Waals surface area contributed by atoms with Gasteiger partial charge in [0.2, 0.25) is 0 Å². The molecule has 3 heterocycles. The van der Waals surface area contributed by atoms with E-state index in [1.54, 1.807) is 0 Å². The molecule has 1 spiro atoms. The lowest BCUT2D eigenvalue weighted by molar-refractivity contribution is -0.198. The quantitative estimate of drug-likeness (QED) is 0.783. The van der Waals surface area contributed by atoms with Gasteiger partial charge in [-0.05, 0) is 31.3 Å². The Bertz CT molecular complexity index is 391. The Morgan fingerprint density at radius 2 is 1.90 bits per heavy atom. The van der Waals surface area contributed by atoms with Crippen molar-refractivity contribution in [3.63, 3.8) is 0 Å². The topological polar surface area (TPSA) is 59.0 Å². The second-order valence-corrected chi connectivity index (χ2v) is 7.78. The molecule has 0 saturated carbocycles. The highest BCUT2D eigenvalue weighted by molar-refractivity contribution is 7.99. The van der Waals surface area contributed by atoms with Crippen LogP contribution in [0.1, 0.15) is 32.6 Å². The fraction of sp³-hybridized carbons (Fsp3) is 0.933. The van der Waals surface area contributed by atoms with Gasteiger partial charge in [0.05, 0.1) is 18.2 Å². The SMILES string of the molecule is CC1CN(C(=O)C2(O)CCSCC2)CC2(CCOCC2)O1. The Morgan fingerprint density at radius 1 is 1.24 bits per heavy atom. The summed E-state index contributed by atoms with van der Waals surface area (Å²) >= 11 is 1.81. The molecule has 3 aliphatic heterocycles. The van der Waals surface area contributed by atoms with Gasteiger partial charge in [-0.15, -0.1) is 0 Å². The van der Waals surface area contributed by atoms with E-state index in [1.807, 2.05) is 23.6 Å². The summed E-state index contributed by atoms with van der Waals surface area (Å²) < 4.78 is 11.6. The zero-order valence-electron chi connectivity index (χ0n) is 12.7. The normalized spacial score (nSPS) is 32.1. The van der Waals surface area contributed by atoms with Crippen molar-refractivity contribution in [2.24, 2.45) is 0 Å². The number of thioether (sulfide) groups is 1. The van der Waals surface area contributed by atoms with Gasteiger partial charge >= 0.3 is 0 Å². The zero-order valence-corrected chi connectivity index (χ0v) is 13.5. The van der Waals surface area contributed by atoms with E-state index in [2.05, 4.69) is 0 Å². The predicted octanol–water partition coefficient (Wildman–Crippen LogP) is 1.04. The number of carbonyl (C=O) groups is 1. The molecule has 0 radical (unpaired) electrons. The van der Waals surface area contributed by atoms with Gasteiger partial charge in [0, 0.05) is 32.6 Å². The molecule has 3 saturated heterocycles. The van der Waals surface area contributed by atoms with E-state index in [-0.39, 0.29) is 17.6 Å². The first-order chi connectivity index (χ1) is 10.0. The first-order valence-electron chi connectivity index (χ1n) is 7.88. The van der Waals surface area contributed by atoms with E-state index in [0.29, 0.717) is 39.1 Å². The lowest BCUT2D eigenvalue weighted by atomic mass is 9.89. The van der Waals surface area contributed by atoms with Crippen LogP contribution < -0.4 is 0 Å². The summed E-state index contributed by atoms with van der Waals surface area (Å²) in [6, 6.07) is 0. The molecule has 1 N–H and O–H groups in total. The fourth-order valence-corrected chi connectivity index (χ4v) is 4.78. The highest BCUT2D eigenvalue weighted by Crippen LogP contribution is 2.34. The number of morpholine rings is 1. The van der Waals surface area contributed by atoms with Crippen molar-refractivity contribution < 1.29 is 19.4 Å². The largest absolute Gasteiger partial charge is 0.381 e. The third-order valence-electron chi connectivity index (χ3n) is 4.82. The molecule has 0 bridgehead atoms. The molecule has 6 heteroatoms. The lowest BCUT2D eigenvalue weighted by Crippen LogP contribution is -2.62. The Hall–Kier alpha value is -0.300. The summed E-state index contributed by atoms with van der Waals surface area (Å²) in [6.07, 6.45) is 2.81. The molecule has 3 fully saturated rings.